The van der Waals surface area contributed by atoms with Crippen LogP contribution in [0.25, 0.3) is 22.0 Å². The Labute approximate surface area is 241 Å². The Morgan fingerprint density at radius 3 is 2.41 bits per heavy atom. The van der Waals surface area contributed by atoms with E-state index in [1.165, 1.54) is 49.5 Å². The lowest BCUT2D eigenvalue weighted by Crippen LogP contribution is -2.47. The number of nitrogens with zero attached hydrogens (tertiary/aromatic N) is 2. The number of carbonyl (C=O) groups excluding carboxylic acids is 1. The quantitative estimate of drug-likeness (QED) is 0.276. The Morgan fingerprint density at radius 2 is 1.66 bits per heavy atom. The lowest BCUT2D eigenvalue weighted by atomic mass is 9.48. The van der Waals surface area contributed by atoms with Gasteiger partial charge in [0.1, 0.15) is 5.75 Å². The van der Waals surface area contributed by atoms with Crippen molar-refractivity contribution in [2.24, 2.45) is 23.2 Å². The zero-order valence-electron chi connectivity index (χ0n) is 23.8. The molecule has 1 N–H and O–H groups in total. The van der Waals surface area contributed by atoms with Gasteiger partial charge in [0.2, 0.25) is 5.91 Å². The molecule has 0 spiro atoms. The highest BCUT2D eigenvalue weighted by molar-refractivity contribution is 5.93. The zero-order chi connectivity index (χ0) is 27.6. The third-order valence-electron chi connectivity index (χ3n) is 10.4. The van der Waals surface area contributed by atoms with Crippen LogP contribution in [0.3, 0.4) is 0 Å². The van der Waals surface area contributed by atoms with E-state index in [1.807, 2.05) is 18.2 Å². The number of fused-ring (bicyclic) bond motifs is 4. The van der Waals surface area contributed by atoms with Gasteiger partial charge in [-0.3, -0.25) is 4.79 Å². The van der Waals surface area contributed by atoms with Crippen LogP contribution >= 0.6 is 0 Å². The molecule has 0 aliphatic heterocycles. The fourth-order valence-corrected chi connectivity index (χ4v) is 9.08. The summed E-state index contributed by atoms with van der Waals surface area (Å²) in [4.78, 5) is 24.0. The average molecular weight is 544 g/mol. The highest BCUT2D eigenvalue weighted by Crippen LogP contribution is 2.61. The second-order valence-corrected chi connectivity index (χ2v) is 13.3. The first-order valence-electron chi connectivity index (χ1n) is 15.4. The summed E-state index contributed by atoms with van der Waals surface area (Å²) in [5, 5.41) is 5.59. The molecule has 4 bridgehead atoms. The molecule has 208 valence electrons. The summed E-state index contributed by atoms with van der Waals surface area (Å²) < 4.78 is 5.50. The van der Waals surface area contributed by atoms with E-state index in [0.717, 1.165) is 76.4 Å². The van der Waals surface area contributed by atoms with Gasteiger partial charge in [-0.2, -0.15) is 0 Å². The van der Waals surface area contributed by atoms with E-state index < -0.39 is 0 Å². The Morgan fingerprint density at radius 1 is 0.902 bits per heavy atom. The third kappa shape index (κ3) is 4.60. The summed E-state index contributed by atoms with van der Waals surface area (Å²) in [5.74, 6) is 4.14. The Kier molecular flexibility index (Phi) is 5.91. The number of benzene rings is 3. The van der Waals surface area contributed by atoms with Crippen molar-refractivity contribution in [2.75, 3.05) is 12.4 Å². The van der Waals surface area contributed by atoms with Gasteiger partial charge in [-0.25, -0.2) is 9.97 Å². The third-order valence-corrected chi connectivity index (χ3v) is 10.4. The van der Waals surface area contributed by atoms with Gasteiger partial charge in [0.15, 0.2) is 5.82 Å². The lowest BCUT2D eigenvalue weighted by Gasteiger charge is -2.57. The number of aromatic nitrogens is 2. The molecule has 9 rings (SSSR count). The minimum atomic E-state index is -0.0257. The minimum absolute atomic E-state index is 0.0257. The SMILES string of the molecule is COc1ccc2c(c1)CCc1nc(NC(=O)Cc3ccc4ccccc4c3)c(CC34CC5CC(CC(C5)C3)C4)nc1-2. The lowest BCUT2D eigenvalue weighted by molar-refractivity contribution is -0.115. The number of carbonyl (C=O) groups is 1. The van der Waals surface area contributed by atoms with Crippen LogP contribution in [0.2, 0.25) is 0 Å². The van der Waals surface area contributed by atoms with Gasteiger partial charge in [0.05, 0.1) is 30.6 Å². The number of methoxy groups -OCH3 is 1. The van der Waals surface area contributed by atoms with Gasteiger partial charge in [0.25, 0.3) is 0 Å². The highest BCUT2D eigenvalue weighted by atomic mass is 16.5. The summed E-state index contributed by atoms with van der Waals surface area (Å²) >= 11 is 0. The highest BCUT2D eigenvalue weighted by Gasteiger charge is 2.51. The molecule has 4 saturated carbocycles. The molecule has 0 atom stereocenters. The first-order valence-corrected chi connectivity index (χ1v) is 15.4. The maximum Gasteiger partial charge on any atom is 0.229 e. The molecule has 1 aromatic heterocycles. The summed E-state index contributed by atoms with van der Waals surface area (Å²) in [6.45, 7) is 0. The van der Waals surface area contributed by atoms with E-state index in [1.54, 1.807) is 7.11 Å². The maximum atomic E-state index is 13.5. The molecular formula is C36H37N3O2. The molecule has 0 unspecified atom stereocenters. The number of hydrogen-bond donors (Lipinski definition) is 1. The molecule has 3 aromatic carbocycles. The molecule has 0 saturated heterocycles. The van der Waals surface area contributed by atoms with Crippen LogP contribution in [-0.4, -0.2) is 23.0 Å². The van der Waals surface area contributed by atoms with E-state index in [0.29, 0.717) is 17.7 Å². The van der Waals surface area contributed by atoms with E-state index in [9.17, 15) is 4.79 Å². The van der Waals surface area contributed by atoms with Crippen LogP contribution in [0.5, 0.6) is 5.75 Å². The van der Waals surface area contributed by atoms with Gasteiger partial charge in [-0.15, -0.1) is 0 Å². The van der Waals surface area contributed by atoms with Crippen molar-refractivity contribution in [2.45, 2.75) is 64.2 Å². The summed E-state index contributed by atoms with van der Waals surface area (Å²) in [5.41, 5.74) is 6.67. The first kappa shape index (κ1) is 25.0. The average Bonchev–Trinajstić information content (AvgIpc) is 2.96. The molecule has 41 heavy (non-hydrogen) atoms. The van der Waals surface area contributed by atoms with Crippen LogP contribution in [0.4, 0.5) is 5.82 Å². The Bertz CT molecular complexity index is 1640. The predicted octanol–water partition coefficient (Wildman–Crippen LogP) is 7.34. The van der Waals surface area contributed by atoms with Gasteiger partial charge in [-0.1, -0.05) is 42.5 Å². The van der Waals surface area contributed by atoms with Crippen molar-refractivity contribution in [1.82, 2.24) is 9.97 Å². The molecule has 1 amide bonds. The predicted molar refractivity (Wildman–Crippen MR) is 162 cm³/mol. The van der Waals surface area contributed by atoms with Crippen molar-refractivity contribution in [1.29, 1.82) is 0 Å². The van der Waals surface area contributed by atoms with Crippen LogP contribution in [0.1, 0.15) is 61.0 Å². The fraction of sp³-hybridized carbons (Fsp3) is 0.417. The number of ether oxygens (including phenoxy) is 1. The van der Waals surface area contributed by atoms with E-state index >= 15 is 0 Å². The minimum Gasteiger partial charge on any atom is -0.497 e. The summed E-state index contributed by atoms with van der Waals surface area (Å²) in [6, 6.07) is 20.9. The van der Waals surface area contributed by atoms with Crippen molar-refractivity contribution < 1.29 is 9.53 Å². The van der Waals surface area contributed by atoms with Crippen LogP contribution < -0.4 is 10.1 Å². The van der Waals surface area contributed by atoms with Gasteiger partial charge < -0.3 is 10.1 Å². The smallest absolute Gasteiger partial charge is 0.229 e. The number of aryl methyl sites for hydroxylation is 2. The second kappa shape index (κ2) is 9.68. The molecule has 5 nitrogen and oxygen atoms in total. The number of amides is 1. The van der Waals surface area contributed by atoms with E-state index in [-0.39, 0.29) is 5.91 Å². The van der Waals surface area contributed by atoms with Crippen LogP contribution in [0, 0.1) is 23.2 Å². The topological polar surface area (TPSA) is 64.1 Å². The normalized spacial score (nSPS) is 25.5. The number of hydrogen-bond acceptors (Lipinski definition) is 4. The summed E-state index contributed by atoms with van der Waals surface area (Å²) in [7, 11) is 1.72. The maximum absolute atomic E-state index is 13.5. The van der Waals surface area contributed by atoms with Crippen LogP contribution in [0.15, 0.2) is 60.7 Å². The number of nitrogens with one attached hydrogen (secondary N) is 1. The summed E-state index contributed by atoms with van der Waals surface area (Å²) in [6.07, 6.45) is 11.1. The molecule has 5 aliphatic rings. The molecule has 0 radical (unpaired) electrons. The van der Waals surface area contributed by atoms with Gasteiger partial charge in [0, 0.05) is 5.56 Å². The van der Waals surface area contributed by atoms with Crippen molar-refractivity contribution in [3.05, 3.63) is 83.2 Å². The molecular weight excluding hydrogens is 506 g/mol. The Hall–Kier alpha value is -3.73. The first-order chi connectivity index (χ1) is 20.0. The van der Waals surface area contributed by atoms with E-state index in [2.05, 4.69) is 47.8 Å². The zero-order valence-corrected chi connectivity index (χ0v) is 23.8. The number of rotatable bonds is 6. The molecule has 5 aliphatic carbocycles. The van der Waals surface area contributed by atoms with Crippen molar-refractivity contribution in [3.63, 3.8) is 0 Å². The molecule has 5 heteroatoms. The van der Waals surface area contributed by atoms with E-state index in [4.69, 9.17) is 14.7 Å². The van der Waals surface area contributed by atoms with Crippen molar-refractivity contribution in [3.8, 4) is 17.0 Å². The standard InChI is InChI=1S/C36H37N3O2/c1-41-29-9-10-30-28(17-29)8-11-31-34(30)37-32(21-36-18-23-12-24(19-36)14-25(13-23)20-36)35(38-31)39-33(40)16-22-6-7-26-4-2-3-5-27(26)15-22/h2-7,9-10,15,17,23-25H,8,11-14,16,18-21H2,1H3,(H,38,39,40). The monoisotopic (exact) mass is 543 g/mol. The van der Waals surface area contributed by atoms with Gasteiger partial charge in [-0.05, 0) is 121 Å². The molecule has 1 heterocycles. The second-order valence-electron chi connectivity index (χ2n) is 13.3. The Balaban J connectivity index is 1.14. The van der Waals surface area contributed by atoms with Crippen molar-refractivity contribution >= 4 is 22.5 Å². The van der Waals surface area contributed by atoms with Gasteiger partial charge >= 0.3 is 0 Å². The molecule has 4 fully saturated rings. The molecule has 4 aromatic rings. The fourth-order valence-electron chi connectivity index (χ4n) is 9.08. The number of anilines is 1. The largest absolute Gasteiger partial charge is 0.497 e. The van der Waals surface area contributed by atoms with Crippen LogP contribution in [-0.2, 0) is 30.5 Å².